The summed E-state index contributed by atoms with van der Waals surface area (Å²) in [5.41, 5.74) is 6.53. The summed E-state index contributed by atoms with van der Waals surface area (Å²) in [6, 6.07) is 12.6. The van der Waals surface area contributed by atoms with Gasteiger partial charge in [-0.25, -0.2) is 0 Å². The number of amides is 1. The largest absolute Gasteiger partial charge is 0.385 e. The van der Waals surface area contributed by atoms with E-state index in [1.165, 1.54) is 11.6 Å². The summed E-state index contributed by atoms with van der Waals surface area (Å²) in [6.45, 7) is 14.3. The van der Waals surface area contributed by atoms with Crippen LogP contribution in [0.1, 0.15) is 84.0 Å². The van der Waals surface area contributed by atoms with Gasteiger partial charge in [-0.05, 0) is 86.4 Å². The van der Waals surface area contributed by atoms with Crippen LogP contribution in [0.15, 0.2) is 49.1 Å². The topological polar surface area (TPSA) is 49.4 Å². The maximum absolute atomic E-state index is 13.7. The predicted octanol–water partition coefficient (Wildman–Crippen LogP) is 6.39. The number of nitrogens with one attached hydrogen (secondary N) is 1. The first-order chi connectivity index (χ1) is 15.9. The van der Waals surface area contributed by atoms with Crippen molar-refractivity contribution in [2.24, 2.45) is 0 Å². The fourth-order valence-corrected chi connectivity index (χ4v) is 4.99. The number of hydrogen-bond donors (Lipinski definition) is 1. The van der Waals surface area contributed by atoms with Crippen LogP contribution in [0.3, 0.4) is 0 Å². The third-order valence-corrected chi connectivity index (χ3v) is 7.08. The molecule has 2 aromatic carbocycles. The van der Waals surface area contributed by atoms with Crippen molar-refractivity contribution in [2.75, 3.05) is 25.0 Å². The van der Waals surface area contributed by atoms with Crippen molar-refractivity contribution < 1.29 is 9.59 Å². The van der Waals surface area contributed by atoms with Crippen molar-refractivity contribution >= 4 is 17.4 Å². The van der Waals surface area contributed by atoms with Crippen molar-refractivity contribution in [1.82, 2.24) is 4.90 Å². The van der Waals surface area contributed by atoms with Gasteiger partial charge in [0, 0.05) is 36.8 Å². The molecule has 1 N–H and O–H groups in total. The summed E-state index contributed by atoms with van der Waals surface area (Å²) >= 11 is 0. The van der Waals surface area contributed by atoms with Crippen LogP contribution in [0.25, 0.3) is 0 Å². The molecule has 1 aliphatic heterocycles. The van der Waals surface area contributed by atoms with E-state index < -0.39 is 0 Å². The molecule has 0 radical (unpaired) electrons. The summed E-state index contributed by atoms with van der Waals surface area (Å²) in [5, 5.41) is 3.39. The number of carbonyl (C=O) groups is 2. The third-order valence-electron chi connectivity index (χ3n) is 7.08. The van der Waals surface area contributed by atoms with Gasteiger partial charge in [-0.2, -0.15) is 0 Å². The number of benzene rings is 2. The first kappa shape index (κ1) is 24.8. The van der Waals surface area contributed by atoms with Gasteiger partial charge in [-0.1, -0.05) is 44.2 Å². The summed E-state index contributed by atoms with van der Waals surface area (Å²) in [7, 11) is 0. The monoisotopic (exact) mass is 446 g/mol. The molecule has 1 atom stereocenters. The van der Waals surface area contributed by atoms with Gasteiger partial charge >= 0.3 is 0 Å². The second-order valence-corrected chi connectivity index (χ2v) is 9.12. The maximum Gasteiger partial charge on any atom is 0.245 e. The number of Topliss-reactive ketones (excluding diaryl/α,β-unsaturated/α-hetero) is 1. The molecule has 33 heavy (non-hydrogen) atoms. The van der Waals surface area contributed by atoms with Crippen molar-refractivity contribution in [1.29, 1.82) is 0 Å². The highest BCUT2D eigenvalue weighted by molar-refractivity contribution is 6.02. The fraction of sp³-hybridized carbons (Fsp3) is 0.448. The fourth-order valence-electron chi connectivity index (χ4n) is 4.99. The zero-order chi connectivity index (χ0) is 24.0. The molecule has 0 spiro atoms. The van der Waals surface area contributed by atoms with Crippen LogP contribution in [-0.4, -0.2) is 36.2 Å². The lowest BCUT2D eigenvalue weighted by atomic mass is 9.82. The van der Waals surface area contributed by atoms with Crippen LogP contribution in [0.4, 0.5) is 5.69 Å². The summed E-state index contributed by atoms with van der Waals surface area (Å²) in [5.74, 6) is 0.505. The Morgan fingerprint density at radius 1 is 1.12 bits per heavy atom. The molecule has 0 bridgehead atoms. The van der Waals surface area contributed by atoms with Crippen LogP contribution in [-0.2, 0) is 4.79 Å². The maximum atomic E-state index is 13.7. The van der Waals surface area contributed by atoms with Gasteiger partial charge in [0.2, 0.25) is 5.91 Å². The Balaban J connectivity index is 1.84. The average Bonchev–Trinajstić information content (AvgIpc) is 2.85. The van der Waals surface area contributed by atoms with E-state index in [0.717, 1.165) is 73.3 Å². The molecular weight excluding hydrogens is 408 g/mol. The van der Waals surface area contributed by atoms with Gasteiger partial charge in [0.1, 0.15) is 0 Å². The van der Waals surface area contributed by atoms with Gasteiger partial charge in [0.25, 0.3) is 0 Å². The molecule has 1 saturated heterocycles. The molecule has 4 heteroatoms. The van der Waals surface area contributed by atoms with Crippen LogP contribution in [0.5, 0.6) is 0 Å². The lowest BCUT2D eigenvalue weighted by Gasteiger charge is -2.32. The molecule has 1 fully saturated rings. The van der Waals surface area contributed by atoms with Crippen molar-refractivity contribution in [3.63, 3.8) is 0 Å². The Kier molecular flexibility index (Phi) is 8.49. The zero-order valence-electron chi connectivity index (χ0n) is 20.6. The number of carbonyl (C=O) groups excluding carboxylic acids is 2. The molecule has 4 nitrogen and oxygen atoms in total. The number of piperidine rings is 1. The molecule has 2 aromatic rings. The molecule has 1 aliphatic rings. The van der Waals surface area contributed by atoms with Crippen molar-refractivity contribution in [3.05, 3.63) is 76.9 Å². The standard InChI is InChI=1S/C29H38N2O2/c1-6-10-26(29(33)25-13-14-27(30-8-3)21(5)20(25)4)24-12-9-11-23(19-24)22-15-17-31(18-16-22)28(32)7-2/h7,9,11-14,19,22,26,30H,2,6,8,10,15-18H2,1,3-5H3. The third kappa shape index (κ3) is 5.55. The van der Waals surface area contributed by atoms with E-state index in [-0.39, 0.29) is 17.6 Å². The molecule has 0 aliphatic carbocycles. The predicted molar refractivity (Wildman–Crippen MR) is 137 cm³/mol. The molecular formula is C29H38N2O2. The first-order valence-electron chi connectivity index (χ1n) is 12.3. The highest BCUT2D eigenvalue weighted by Crippen LogP contribution is 2.34. The van der Waals surface area contributed by atoms with E-state index in [2.05, 4.69) is 63.9 Å². The molecule has 176 valence electrons. The van der Waals surface area contributed by atoms with Crippen LogP contribution >= 0.6 is 0 Å². The number of likely N-dealkylation sites (tertiary alicyclic amines) is 1. The molecule has 1 unspecified atom stereocenters. The number of rotatable bonds is 9. The smallest absolute Gasteiger partial charge is 0.245 e. The normalized spacial score (nSPS) is 15.2. The van der Waals surface area contributed by atoms with Gasteiger partial charge in [0.15, 0.2) is 5.78 Å². The Morgan fingerprint density at radius 3 is 2.48 bits per heavy atom. The Bertz CT molecular complexity index is 1000. The first-order valence-corrected chi connectivity index (χ1v) is 12.3. The molecule has 1 heterocycles. The number of hydrogen-bond acceptors (Lipinski definition) is 3. The molecule has 0 aromatic heterocycles. The van der Waals surface area contributed by atoms with Crippen LogP contribution in [0.2, 0.25) is 0 Å². The minimum Gasteiger partial charge on any atom is -0.385 e. The minimum absolute atomic E-state index is 0.0154. The number of anilines is 1. The van der Waals surface area contributed by atoms with E-state index >= 15 is 0 Å². The van der Waals surface area contributed by atoms with Gasteiger partial charge in [0.05, 0.1) is 0 Å². The van der Waals surface area contributed by atoms with Crippen molar-refractivity contribution in [3.8, 4) is 0 Å². The lowest BCUT2D eigenvalue weighted by Crippen LogP contribution is -2.36. The highest BCUT2D eigenvalue weighted by Gasteiger charge is 2.26. The van der Waals surface area contributed by atoms with Crippen LogP contribution < -0.4 is 5.32 Å². The summed E-state index contributed by atoms with van der Waals surface area (Å²) in [6.07, 6.45) is 5.08. The highest BCUT2D eigenvalue weighted by atomic mass is 16.2. The van der Waals surface area contributed by atoms with Gasteiger partial charge in [-0.3, -0.25) is 9.59 Å². The average molecular weight is 447 g/mol. The second-order valence-electron chi connectivity index (χ2n) is 9.12. The number of ketones is 1. The zero-order valence-corrected chi connectivity index (χ0v) is 20.6. The Morgan fingerprint density at radius 2 is 1.85 bits per heavy atom. The lowest BCUT2D eigenvalue weighted by molar-refractivity contribution is -0.127. The second kappa shape index (κ2) is 11.3. The van der Waals surface area contributed by atoms with E-state index in [0.29, 0.717) is 5.92 Å². The van der Waals surface area contributed by atoms with E-state index in [1.807, 2.05) is 17.0 Å². The summed E-state index contributed by atoms with van der Waals surface area (Å²) < 4.78 is 0. The van der Waals surface area contributed by atoms with E-state index in [4.69, 9.17) is 0 Å². The van der Waals surface area contributed by atoms with Crippen molar-refractivity contribution in [2.45, 2.75) is 65.2 Å². The minimum atomic E-state index is -0.138. The molecule has 1 amide bonds. The summed E-state index contributed by atoms with van der Waals surface area (Å²) in [4.78, 5) is 27.5. The SMILES string of the molecule is C=CC(=O)N1CCC(c2cccc(C(CCC)C(=O)c3ccc(NCC)c(C)c3C)c2)CC1. The Hall–Kier alpha value is -2.88. The van der Waals surface area contributed by atoms with Gasteiger partial charge in [-0.15, -0.1) is 0 Å². The van der Waals surface area contributed by atoms with Gasteiger partial charge < -0.3 is 10.2 Å². The van der Waals surface area contributed by atoms with E-state index in [9.17, 15) is 9.59 Å². The molecule has 0 saturated carbocycles. The Labute approximate surface area is 199 Å². The molecule has 3 rings (SSSR count). The number of nitrogens with zero attached hydrogens (tertiary/aromatic N) is 1. The van der Waals surface area contributed by atoms with Crippen LogP contribution in [0, 0.1) is 13.8 Å². The van der Waals surface area contributed by atoms with E-state index in [1.54, 1.807) is 0 Å². The quantitative estimate of drug-likeness (QED) is 0.358.